The fourth-order valence-electron chi connectivity index (χ4n) is 2.45. The van der Waals surface area contributed by atoms with Crippen molar-refractivity contribution < 1.29 is 13.5 Å². The first-order valence-electron chi connectivity index (χ1n) is 7.72. The van der Waals surface area contributed by atoms with Gasteiger partial charge in [0.25, 0.3) is 0 Å². The topological polar surface area (TPSA) is 75.2 Å². The van der Waals surface area contributed by atoms with Gasteiger partial charge in [0.2, 0.25) is 0 Å². The zero-order valence-electron chi connectivity index (χ0n) is 14.6. The third-order valence-corrected chi connectivity index (χ3v) is 3.62. The average molecular weight is 390 g/mol. The second-order valence-electron chi connectivity index (χ2n) is 6.48. The second kappa shape index (κ2) is 6.71. The molecule has 0 aliphatic carbocycles. The molecule has 0 amide bonds. The van der Waals surface area contributed by atoms with E-state index in [1.165, 1.54) is 12.1 Å². The fraction of sp³-hybridized carbons (Fsp3) is 0.438. The molecular formula is C16H18ClF2N3O4. The predicted octanol–water partition coefficient (Wildman–Crippen LogP) is 2.10. The molecule has 0 saturated carbocycles. The molecule has 0 saturated heterocycles. The molecule has 0 aliphatic heterocycles. The summed E-state index contributed by atoms with van der Waals surface area (Å²) in [6.07, 6.45) is 0. The molecule has 2 rings (SSSR count). The summed E-state index contributed by atoms with van der Waals surface area (Å²) in [6, 6.07) is 4.77. The van der Waals surface area contributed by atoms with Crippen molar-refractivity contribution in [3.63, 3.8) is 0 Å². The molecule has 0 fully saturated rings. The quantitative estimate of drug-likeness (QED) is 0.750. The molecule has 2 aromatic rings. The summed E-state index contributed by atoms with van der Waals surface area (Å²) >= 11 is 4.70. The van der Waals surface area contributed by atoms with Crippen LogP contribution in [0.4, 0.5) is 8.78 Å². The van der Waals surface area contributed by atoms with Crippen LogP contribution in [0.1, 0.15) is 27.7 Å². The Morgan fingerprint density at radius 2 is 1.54 bits per heavy atom. The van der Waals surface area contributed by atoms with Gasteiger partial charge in [-0.05, 0) is 52.0 Å². The van der Waals surface area contributed by atoms with Crippen molar-refractivity contribution in [2.45, 2.75) is 45.3 Å². The van der Waals surface area contributed by atoms with Crippen LogP contribution in [-0.4, -0.2) is 19.3 Å². The highest BCUT2D eigenvalue weighted by Crippen LogP contribution is 2.25. The van der Waals surface area contributed by atoms with Crippen LogP contribution < -0.4 is 21.8 Å². The smallest absolute Gasteiger partial charge is 0.420 e. The van der Waals surface area contributed by atoms with Crippen molar-refractivity contribution in [3.05, 3.63) is 55.7 Å². The average Bonchev–Trinajstić information content (AvgIpc) is 2.46. The van der Waals surface area contributed by atoms with Crippen molar-refractivity contribution in [2.75, 3.05) is 0 Å². The molecule has 0 radical (unpaired) electrons. The summed E-state index contributed by atoms with van der Waals surface area (Å²) in [7, 11) is 0. The van der Waals surface area contributed by atoms with Crippen molar-refractivity contribution in [1.29, 1.82) is 0 Å². The van der Waals surface area contributed by atoms with Crippen LogP contribution in [-0.2, 0) is 12.1 Å². The Hall–Kier alpha value is -2.42. The van der Waals surface area contributed by atoms with Crippen LogP contribution >= 0.6 is 11.6 Å². The van der Waals surface area contributed by atoms with Crippen molar-refractivity contribution in [2.24, 2.45) is 0 Å². The van der Waals surface area contributed by atoms with Crippen LogP contribution in [0.3, 0.4) is 0 Å². The molecule has 0 N–H and O–H groups in total. The maximum atomic E-state index is 12.8. The van der Waals surface area contributed by atoms with Crippen molar-refractivity contribution >= 4 is 11.6 Å². The van der Waals surface area contributed by atoms with E-state index in [0.717, 1.165) is 25.8 Å². The van der Waals surface area contributed by atoms with E-state index in [2.05, 4.69) is 4.74 Å². The summed E-state index contributed by atoms with van der Waals surface area (Å²) in [4.78, 5) is 37.8. The highest BCUT2D eigenvalue weighted by atomic mass is 35.5. The minimum Gasteiger partial charge on any atom is -0.420 e. The van der Waals surface area contributed by atoms with Gasteiger partial charge in [0.1, 0.15) is 5.75 Å². The summed E-state index contributed by atoms with van der Waals surface area (Å²) in [5, 5.41) is 0. The number of aromatic nitrogens is 3. The molecule has 26 heavy (non-hydrogen) atoms. The third-order valence-electron chi connectivity index (χ3n) is 3.54. The summed E-state index contributed by atoms with van der Waals surface area (Å²) in [5.74, 6) is -0.248. The number of alkyl halides is 3. The molecule has 0 unspecified atom stereocenters. The van der Waals surface area contributed by atoms with Gasteiger partial charge in [-0.15, -0.1) is 8.78 Å². The molecule has 142 valence electrons. The SMILES string of the molecule is CCn1c(=O)n(-c2ccc(OC(F)(F)Cl)cc2)c(=O)n(C(C)(C)C)c1=O. The number of nitrogens with zero attached hydrogens (tertiary/aromatic N) is 3. The van der Waals surface area contributed by atoms with E-state index >= 15 is 0 Å². The Kier molecular flexibility index (Phi) is 5.14. The Bertz CT molecular complexity index is 980. The first-order chi connectivity index (χ1) is 11.9. The fourth-order valence-corrected chi connectivity index (χ4v) is 2.54. The lowest BCUT2D eigenvalue weighted by molar-refractivity contribution is -0.0964. The maximum Gasteiger partial charge on any atom is 0.487 e. The standard InChI is InChI=1S/C16H18ClF2N3O4/c1-5-20-12(23)21(14(25)22(13(20)24)15(2,3)4)10-6-8-11(9-7-10)26-16(17,18)19/h6-9H,5H2,1-4H3. The molecule has 0 aliphatic rings. The number of rotatable bonds is 4. The Morgan fingerprint density at radius 3 is 1.96 bits per heavy atom. The molecule has 0 spiro atoms. The number of halogens is 3. The van der Waals surface area contributed by atoms with E-state index in [1.807, 2.05) is 0 Å². The Morgan fingerprint density at radius 1 is 1.00 bits per heavy atom. The number of benzene rings is 1. The van der Waals surface area contributed by atoms with Crippen LogP contribution in [0.5, 0.6) is 5.75 Å². The van der Waals surface area contributed by atoms with E-state index in [4.69, 9.17) is 11.6 Å². The third kappa shape index (κ3) is 3.87. The lowest BCUT2D eigenvalue weighted by atomic mass is 10.1. The lowest BCUT2D eigenvalue weighted by Gasteiger charge is -2.23. The molecule has 1 aromatic carbocycles. The van der Waals surface area contributed by atoms with E-state index in [-0.39, 0.29) is 18.0 Å². The van der Waals surface area contributed by atoms with Crippen LogP contribution in [0.15, 0.2) is 38.6 Å². The van der Waals surface area contributed by atoms with E-state index < -0.39 is 28.2 Å². The largest absolute Gasteiger partial charge is 0.487 e. The zero-order chi connectivity index (χ0) is 19.9. The van der Waals surface area contributed by atoms with Crippen LogP contribution in [0.2, 0.25) is 0 Å². The predicted molar refractivity (Wildman–Crippen MR) is 92.7 cm³/mol. The van der Waals surface area contributed by atoms with E-state index in [1.54, 1.807) is 27.7 Å². The lowest BCUT2D eigenvalue weighted by Crippen LogP contribution is -2.57. The van der Waals surface area contributed by atoms with Gasteiger partial charge < -0.3 is 4.74 Å². The van der Waals surface area contributed by atoms with Gasteiger partial charge in [0.15, 0.2) is 0 Å². The maximum absolute atomic E-state index is 12.8. The van der Waals surface area contributed by atoms with Gasteiger partial charge in [0, 0.05) is 23.7 Å². The summed E-state index contributed by atoms with van der Waals surface area (Å²) in [6.45, 7) is 6.64. The number of ether oxygens (including phenoxy) is 1. The Balaban J connectivity index is 2.73. The first kappa shape index (κ1) is 19.9. The monoisotopic (exact) mass is 389 g/mol. The van der Waals surface area contributed by atoms with Crippen molar-refractivity contribution in [3.8, 4) is 11.4 Å². The number of hydrogen-bond acceptors (Lipinski definition) is 4. The molecule has 0 atom stereocenters. The van der Waals surface area contributed by atoms with Gasteiger partial charge in [0.05, 0.1) is 5.69 Å². The highest BCUT2D eigenvalue weighted by molar-refractivity contribution is 6.20. The van der Waals surface area contributed by atoms with Crippen LogP contribution in [0, 0.1) is 0 Å². The van der Waals surface area contributed by atoms with Gasteiger partial charge in [-0.1, -0.05) is 0 Å². The van der Waals surface area contributed by atoms with Gasteiger partial charge in [-0.2, -0.15) is 0 Å². The van der Waals surface area contributed by atoms with E-state index in [9.17, 15) is 23.2 Å². The normalized spacial score (nSPS) is 12.3. The van der Waals surface area contributed by atoms with Crippen LogP contribution in [0.25, 0.3) is 5.69 Å². The number of hydrogen-bond donors (Lipinski definition) is 0. The van der Waals surface area contributed by atoms with Gasteiger partial charge >= 0.3 is 22.6 Å². The molecular weight excluding hydrogens is 372 g/mol. The summed E-state index contributed by atoms with van der Waals surface area (Å²) in [5.41, 5.74) is -7.01. The Labute approximate surface area is 152 Å². The highest BCUT2D eigenvalue weighted by Gasteiger charge is 2.28. The van der Waals surface area contributed by atoms with E-state index in [0.29, 0.717) is 0 Å². The minimum absolute atomic E-state index is 0.0632. The second-order valence-corrected chi connectivity index (χ2v) is 6.92. The molecule has 1 heterocycles. The minimum atomic E-state index is -3.88. The zero-order valence-corrected chi connectivity index (χ0v) is 15.4. The van der Waals surface area contributed by atoms with Gasteiger partial charge in [-0.3, -0.25) is 0 Å². The molecule has 1 aromatic heterocycles. The van der Waals surface area contributed by atoms with Gasteiger partial charge in [-0.25, -0.2) is 28.1 Å². The molecule has 7 nitrogen and oxygen atoms in total. The first-order valence-corrected chi connectivity index (χ1v) is 8.10. The van der Waals surface area contributed by atoms with Crippen molar-refractivity contribution in [1.82, 2.24) is 13.7 Å². The summed E-state index contributed by atoms with van der Waals surface area (Å²) < 4.78 is 32.3. The molecule has 10 heteroatoms. The molecule has 0 bridgehead atoms.